The molecule has 0 aliphatic heterocycles. The van der Waals surface area contributed by atoms with Crippen LogP contribution in [0.25, 0.3) is 0 Å². The molecular weight excluding hydrogens is 250 g/mol. The molecule has 1 unspecified atom stereocenters. The van der Waals surface area contributed by atoms with E-state index in [2.05, 4.69) is 5.10 Å². The van der Waals surface area contributed by atoms with Gasteiger partial charge in [-0.25, -0.2) is 8.78 Å². The third-order valence-electron chi connectivity index (χ3n) is 3.11. The minimum Gasteiger partial charge on any atom is -0.385 e. The van der Waals surface area contributed by atoms with Gasteiger partial charge in [0.25, 0.3) is 0 Å². The van der Waals surface area contributed by atoms with Crippen LogP contribution in [0.4, 0.5) is 8.78 Å². The molecule has 0 fully saturated rings. The summed E-state index contributed by atoms with van der Waals surface area (Å²) in [5.41, 5.74) is 0.484. The van der Waals surface area contributed by atoms with Crippen molar-refractivity contribution in [1.82, 2.24) is 9.78 Å². The van der Waals surface area contributed by atoms with Crippen LogP contribution in [-0.2, 0) is 19.1 Å². The average molecular weight is 266 g/mol. The lowest BCUT2D eigenvalue weighted by Gasteiger charge is -2.24. The summed E-state index contributed by atoms with van der Waals surface area (Å²) in [6.45, 7) is 3.38. The van der Waals surface area contributed by atoms with E-state index in [0.29, 0.717) is 0 Å². The van der Waals surface area contributed by atoms with Crippen molar-refractivity contribution in [2.45, 2.75) is 25.9 Å². The first-order valence-corrected chi connectivity index (χ1v) is 5.96. The van der Waals surface area contributed by atoms with E-state index in [-0.39, 0.29) is 12.0 Å². The van der Waals surface area contributed by atoms with Gasteiger partial charge < -0.3 is 5.11 Å². The molecule has 1 atom stereocenters. The second-order valence-electron chi connectivity index (χ2n) is 5.01. The van der Waals surface area contributed by atoms with Crippen LogP contribution in [0.2, 0.25) is 0 Å². The number of halogens is 2. The van der Waals surface area contributed by atoms with Crippen LogP contribution in [0.1, 0.15) is 23.9 Å². The topological polar surface area (TPSA) is 38.0 Å². The first kappa shape index (κ1) is 13.7. The Morgan fingerprint density at radius 2 is 1.79 bits per heavy atom. The normalized spacial score (nSPS) is 14.4. The SMILES string of the molecule is Cc1cc(CC(C)(O)c2cc(F)cc(F)c2)n(C)n1. The summed E-state index contributed by atoms with van der Waals surface area (Å²) in [7, 11) is 1.77. The zero-order valence-electron chi connectivity index (χ0n) is 11.1. The predicted octanol–water partition coefficient (Wildman–Crippen LogP) is 2.46. The van der Waals surface area contributed by atoms with Crippen molar-refractivity contribution in [2.75, 3.05) is 0 Å². The second kappa shape index (κ2) is 4.74. The number of aliphatic hydroxyl groups is 1. The van der Waals surface area contributed by atoms with E-state index in [0.717, 1.165) is 29.6 Å². The van der Waals surface area contributed by atoms with E-state index in [1.54, 1.807) is 11.7 Å². The Labute approximate surface area is 110 Å². The monoisotopic (exact) mass is 266 g/mol. The second-order valence-corrected chi connectivity index (χ2v) is 5.01. The Kier molecular flexibility index (Phi) is 3.41. The van der Waals surface area contributed by atoms with Gasteiger partial charge in [0.2, 0.25) is 0 Å². The van der Waals surface area contributed by atoms with Crippen LogP contribution < -0.4 is 0 Å². The molecule has 0 bridgehead atoms. The molecule has 102 valence electrons. The summed E-state index contributed by atoms with van der Waals surface area (Å²) < 4.78 is 28.1. The molecule has 0 amide bonds. The van der Waals surface area contributed by atoms with Gasteiger partial charge in [0.05, 0.1) is 11.3 Å². The van der Waals surface area contributed by atoms with Crippen LogP contribution in [-0.4, -0.2) is 14.9 Å². The molecule has 2 rings (SSSR count). The summed E-state index contributed by atoms with van der Waals surface area (Å²) in [5.74, 6) is -1.40. The van der Waals surface area contributed by atoms with E-state index < -0.39 is 17.2 Å². The lowest BCUT2D eigenvalue weighted by atomic mass is 9.91. The number of hydrogen-bond donors (Lipinski definition) is 1. The van der Waals surface area contributed by atoms with Crippen molar-refractivity contribution in [1.29, 1.82) is 0 Å². The number of nitrogens with zero attached hydrogens (tertiary/aromatic N) is 2. The molecule has 1 aromatic carbocycles. The molecule has 0 aliphatic rings. The van der Waals surface area contributed by atoms with E-state index in [9.17, 15) is 13.9 Å². The van der Waals surface area contributed by atoms with Gasteiger partial charge in [0.1, 0.15) is 11.6 Å². The zero-order chi connectivity index (χ0) is 14.2. The fraction of sp³-hybridized carbons (Fsp3) is 0.357. The van der Waals surface area contributed by atoms with E-state index >= 15 is 0 Å². The van der Waals surface area contributed by atoms with Gasteiger partial charge in [-0.3, -0.25) is 4.68 Å². The molecule has 1 aromatic heterocycles. The Hall–Kier alpha value is -1.75. The third kappa shape index (κ3) is 2.98. The van der Waals surface area contributed by atoms with Crippen LogP contribution in [0.5, 0.6) is 0 Å². The van der Waals surface area contributed by atoms with Crippen molar-refractivity contribution in [3.8, 4) is 0 Å². The highest BCUT2D eigenvalue weighted by atomic mass is 19.1. The molecule has 0 spiro atoms. The van der Waals surface area contributed by atoms with Crippen molar-refractivity contribution < 1.29 is 13.9 Å². The molecule has 1 heterocycles. The Morgan fingerprint density at radius 1 is 1.21 bits per heavy atom. The Morgan fingerprint density at radius 3 is 2.26 bits per heavy atom. The number of benzene rings is 1. The number of aromatic nitrogens is 2. The van der Waals surface area contributed by atoms with Gasteiger partial charge in [-0.1, -0.05) is 0 Å². The predicted molar refractivity (Wildman–Crippen MR) is 67.6 cm³/mol. The summed E-state index contributed by atoms with van der Waals surface area (Å²) >= 11 is 0. The molecule has 0 radical (unpaired) electrons. The van der Waals surface area contributed by atoms with Crippen molar-refractivity contribution >= 4 is 0 Å². The van der Waals surface area contributed by atoms with Crippen LogP contribution in [0.3, 0.4) is 0 Å². The van der Waals surface area contributed by atoms with Crippen LogP contribution >= 0.6 is 0 Å². The highest BCUT2D eigenvalue weighted by Gasteiger charge is 2.26. The minimum absolute atomic E-state index is 0.212. The van der Waals surface area contributed by atoms with E-state index in [4.69, 9.17) is 0 Å². The molecule has 0 aliphatic carbocycles. The highest BCUT2D eigenvalue weighted by molar-refractivity contribution is 5.26. The fourth-order valence-corrected chi connectivity index (χ4v) is 2.15. The lowest BCUT2D eigenvalue weighted by Crippen LogP contribution is -2.26. The molecule has 2 aromatic rings. The molecule has 1 N–H and O–H groups in total. The first-order chi connectivity index (χ1) is 8.78. The summed E-state index contributed by atoms with van der Waals surface area (Å²) in [6, 6.07) is 4.91. The standard InChI is InChI=1S/C14H16F2N2O/c1-9-4-13(18(3)17-9)8-14(2,19)10-5-11(15)7-12(16)6-10/h4-7,19H,8H2,1-3H3. The maximum absolute atomic E-state index is 13.2. The summed E-state index contributed by atoms with van der Waals surface area (Å²) in [6.07, 6.45) is 0.229. The van der Waals surface area contributed by atoms with Gasteiger partial charge in [0.15, 0.2) is 0 Å². The van der Waals surface area contributed by atoms with Gasteiger partial charge in [0, 0.05) is 25.2 Å². The van der Waals surface area contributed by atoms with Crippen molar-refractivity contribution in [2.24, 2.45) is 7.05 Å². The first-order valence-electron chi connectivity index (χ1n) is 5.96. The smallest absolute Gasteiger partial charge is 0.126 e. The number of rotatable bonds is 3. The maximum Gasteiger partial charge on any atom is 0.126 e. The maximum atomic E-state index is 13.2. The number of aryl methyl sites for hydroxylation is 2. The summed E-state index contributed by atoms with van der Waals surface area (Å²) in [5, 5.41) is 14.6. The number of hydrogen-bond acceptors (Lipinski definition) is 2. The highest BCUT2D eigenvalue weighted by Crippen LogP contribution is 2.26. The van der Waals surface area contributed by atoms with Crippen LogP contribution in [0, 0.1) is 18.6 Å². The average Bonchev–Trinajstić information content (AvgIpc) is 2.55. The quantitative estimate of drug-likeness (QED) is 0.926. The van der Waals surface area contributed by atoms with Gasteiger partial charge in [-0.2, -0.15) is 5.10 Å². The Balaban J connectivity index is 2.34. The Bertz CT molecular complexity index is 585. The van der Waals surface area contributed by atoms with Crippen molar-refractivity contribution in [3.63, 3.8) is 0 Å². The molecular formula is C14H16F2N2O. The zero-order valence-corrected chi connectivity index (χ0v) is 11.1. The molecule has 3 nitrogen and oxygen atoms in total. The molecule has 0 saturated carbocycles. The minimum atomic E-state index is -1.36. The lowest BCUT2D eigenvalue weighted by molar-refractivity contribution is 0.0549. The summed E-state index contributed by atoms with van der Waals surface area (Å²) in [4.78, 5) is 0. The molecule has 0 saturated heterocycles. The van der Waals surface area contributed by atoms with Crippen LogP contribution in [0.15, 0.2) is 24.3 Å². The molecule has 5 heteroatoms. The van der Waals surface area contributed by atoms with Gasteiger partial charge in [-0.05, 0) is 37.6 Å². The van der Waals surface area contributed by atoms with Gasteiger partial charge >= 0.3 is 0 Å². The third-order valence-corrected chi connectivity index (χ3v) is 3.11. The van der Waals surface area contributed by atoms with Gasteiger partial charge in [-0.15, -0.1) is 0 Å². The fourth-order valence-electron chi connectivity index (χ4n) is 2.15. The van der Waals surface area contributed by atoms with Crippen molar-refractivity contribution in [3.05, 3.63) is 52.9 Å². The largest absolute Gasteiger partial charge is 0.385 e. The van der Waals surface area contributed by atoms with E-state index in [1.165, 1.54) is 6.92 Å². The van der Waals surface area contributed by atoms with E-state index in [1.807, 2.05) is 13.0 Å². The molecule has 19 heavy (non-hydrogen) atoms.